The van der Waals surface area contributed by atoms with Gasteiger partial charge in [0.25, 0.3) is 5.91 Å². The van der Waals surface area contributed by atoms with E-state index in [1.54, 1.807) is 11.8 Å². The zero-order valence-corrected chi connectivity index (χ0v) is 15.0. The number of piperazine rings is 1. The fourth-order valence-electron chi connectivity index (χ4n) is 3.85. The summed E-state index contributed by atoms with van der Waals surface area (Å²) in [7, 11) is 0. The largest absolute Gasteiger partial charge is 0.368 e. The Labute approximate surface area is 153 Å². The summed E-state index contributed by atoms with van der Waals surface area (Å²) in [4.78, 5) is 30.6. The van der Waals surface area contributed by atoms with Gasteiger partial charge in [0, 0.05) is 56.6 Å². The number of rotatable bonds is 2. The summed E-state index contributed by atoms with van der Waals surface area (Å²) in [5, 5.41) is 0. The van der Waals surface area contributed by atoms with E-state index < -0.39 is 0 Å². The van der Waals surface area contributed by atoms with Gasteiger partial charge in [0.15, 0.2) is 0 Å². The number of amides is 2. The maximum atomic E-state index is 12.9. The van der Waals surface area contributed by atoms with Crippen molar-refractivity contribution >= 4 is 23.2 Å². The molecule has 1 fully saturated rings. The summed E-state index contributed by atoms with van der Waals surface area (Å²) < 4.78 is 0. The van der Waals surface area contributed by atoms with Gasteiger partial charge in [-0.25, -0.2) is 0 Å². The number of nitrogens with zero attached hydrogens (tertiary/aromatic N) is 3. The Hall–Kier alpha value is -2.82. The second-order valence-electron chi connectivity index (χ2n) is 6.88. The van der Waals surface area contributed by atoms with Crippen LogP contribution in [0.2, 0.25) is 0 Å². The number of hydrogen-bond acceptors (Lipinski definition) is 3. The Morgan fingerprint density at radius 2 is 1.62 bits per heavy atom. The van der Waals surface area contributed by atoms with Gasteiger partial charge in [0.05, 0.1) is 0 Å². The summed E-state index contributed by atoms with van der Waals surface area (Å²) in [5.74, 6) is 0.140. The van der Waals surface area contributed by atoms with Crippen molar-refractivity contribution in [3.63, 3.8) is 0 Å². The third-order valence-corrected chi connectivity index (χ3v) is 5.29. The second-order valence-corrected chi connectivity index (χ2v) is 6.88. The van der Waals surface area contributed by atoms with E-state index in [4.69, 9.17) is 0 Å². The third kappa shape index (κ3) is 3.05. The lowest BCUT2D eigenvalue weighted by Gasteiger charge is -2.36. The van der Waals surface area contributed by atoms with E-state index in [0.717, 1.165) is 49.4 Å². The van der Waals surface area contributed by atoms with Crippen LogP contribution in [0.25, 0.3) is 0 Å². The van der Waals surface area contributed by atoms with Crippen molar-refractivity contribution in [2.45, 2.75) is 13.3 Å². The molecule has 4 rings (SSSR count). The molecule has 2 aromatic rings. The van der Waals surface area contributed by atoms with Crippen molar-refractivity contribution in [3.05, 3.63) is 59.7 Å². The molecule has 0 bridgehead atoms. The van der Waals surface area contributed by atoms with Crippen molar-refractivity contribution < 1.29 is 9.59 Å². The first-order valence-electron chi connectivity index (χ1n) is 9.14. The molecule has 2 heterocycles. The first-order chi connectivity index (χ1) is 12.6. The maximum Gasteiger partial charge on any atom is 0.253 e. The molecule has 0 radical (unpaired) electrons. The van der Waals surface area contributed by atoms with Crippen LogP contribution in [-0.4, -0.2) is 49.4 Å². The van der Waals surface area contributed by atoms with E-state index in [-0.39, 0.29) is 11.8 Å². The van der Waals surface area contributed by atoms with E-state index in [2.05, 4.69) is 17.0 Å². The molecule has 0 N–H and O–H groups in total. The molecule has 0 aromatic heterocycles. The minimum absolute atomic E-state index is 0.0554. The Kier molecular flexibility index (Phi) is 4.37. The SMILES string of the molecule is CC(=O)N1CCc2cc(C(=O)N3CCN(c4ccccc4)CC3)ccc21. The van der Waals surface area contributed by atoms with Gasteiger partial charge in [-0.3, -0.25) is 9.59 Å². The lowest BCUT2D eigenvalue weighted by atomic mass is 10.1. The highest BCUT2D eigenvalue weighted by atomic mass is 16.2. The number of anilines is 2. The molecule has 26 heavy (non-hydrogen) atoms. The van der Waals surface area contributed by atoms with Crippen LogP contribution in [0.4, 0.5) is 11.4 Å². The minimum atomic E-state index is 0.0554. The van der Waals surface area contributed by atoms with Crippen LogP contribution in [0.1, 0.15) is 22.8 Å². The van der Waals surface area contributed by atoms with Gasteiger partial charge in [-0.2, -0.15) is 0 Å². The quantitative estimate of drug-likeness (QED) is 0.837. The third-order valence-electron chi connectivity index (χ3n) is 5.29. The summed E-state index contributed by atoms with van der Waals surface area (Å²) in [5.41, 5.74) is 3.97. The van der Waals surface area contributed by atoms with E-state index in [1.165, 1.54) is 5.69 Å². The molecule has 5 heteroatoms. The van der Waals surface area contributed by atoms with Crippen molar-refractivity contribution in [1.29, 1.82) is 0 Å². The molecule has 5 nitrogen and oxygen atoms in total. The lowest BCUT2D eigenvalue weighted by Crippen LogP contribution is -2.48. The fourth-order valence-corrected chi connectivity index (χ4v) is 3.85. The Balaban J connectivity index is 1.44. The molecule has 0 saturated carbocycles. The number of benzene rings is 2. The summed E-state index contributed by atoms with van der Waals surface area (Å²) >= 11 is 0. The molecule has 0 spiro atoms. The van der Waals surface area contributed by atoms with Crippen LogP contribution >= 0.6 is 0 Å². The average Bonchev–Trinajstić information content (AvgIpc) is 3.12. The Bertz CT molecular complexity index is 826. The molecular weight excluding hydrogens is 326 g/mol. The molecular formula is C21H23N3O2. The molecule has 0 atom stereocenters. The molecule has 2 aliphatic rings. The van der Waals surface area contributed by atoms with Gasteiger partial charge in [0.1, 0.15) is 0 Å². The van der Waals surface area contributed by atoms with Gasteiger partial charge in [0.2, 0.25) is 5.91 Å². The summed E-state index contributed by atoms with van der Waals surface area (Å²) in [6.07, 6.45) is 0.817. The zero-order chi connectivity index (χ0) is 18.1. The van der Waals surface area contributed by atoms with E-state index in [1.807, 2.05) is 41.3 Å². The highest BCUT2D eigenvalue weighted by Crippen LogP contribution is 2.29. The summed E-state index contributed by atoms with van der Waals surface area (Å²) in [6, 6.07) is 16.1. The van der Waals surface area contributed by atoms with Gasteiger partial charge in [-0.15, -0.1) is 0 Å². The number of fused-ring (bicyclic) bond motifs is 1. The van der Waals surface area contributed by atoms with Crippen molar-refractivity contribution in [2.24, 2.45) is 0 Å². The number of hydrogen-bond donors (Lipinski definition) is 0. The van der Waals surface area contributed by atoms with Crippen molar-refractivity contribution in [3.8, 4) is 0 Å². The van der Waals surface area contributed by atoms with Crippen LogP contribution in [0.15, 0.2) is 48.5 Å². The van der Waals surface area contributed by atoms with Crippen LogP contribution in [0.5, 0.6) is 0 Å². The standard InChI is InChI=1S/C21H23N3O2/c1-16(25)24-10-9-17-15-18(7-8-20(17)24)21(26)23-13-11-22(12-14-23)19-5-3-2-4-6-19/h2-8,15H,9-14H2,1H3. The number of para-hydroxylation sites is 1. The van der Waals surface area contributed by atoms with E-state index in [0.29, 0.717) is 6.54 Å². The molecule has 134 valence electrons. The van der Waals surface area contributed by atoms with E-state index in [9.17, 15) is 9.59 Å². The smallest absolute Gasteiger partial charge is 0.253 e. The number of carbonyl (C=O) groups is 2. The Morgan fingerprint density at radius 1 is 0.885 bits per heavy atom. The molecule has 0 unspecified atom stereocenters. The van der Waals surface area contributed by atoms with Gasteiger partial charge in [-0.1, -0.05) is 18.2 Å². The van der Waals surface area contributed by atoms with Gasteiger partial charge in [-0.05, 0) is 42.3 Å². The van der Waals surface area contributed by atoms with Gasteiger partial charge >= 0.3 is 0 Å². The normalized spacial score (nSPS) is 16.6. The van der Waals surface area contributed by atoms with Crippen LogP contribution in [0, 0.1) is 0 Å². The predicted molar refractivity (Wildman–Crippen MR) is 103 cm³/mol. The molecule has 2 amide bonds. The first kappa shape index (κ1) is 16.6. The fraction of sp³-hybridized carbons (Fsp3) is 0.333. The highest BCUT2D eigenvalue weighted by Gasteiger charge is 2.26. The molecule has 2 aliphatic heterocycles. The summed E-state index contributed by atoms with van der Waals surface area (Å²) in [6.45, 7) is 5.44. The van der Waals surface area contributed by atoms with Gasteiger partial charge < -0.3 is 14.7 Å². The molecule has 2 aromatic carbocycles. The predicted octanol–water partition coefficient (Wildman–Crippen LogP) is 2.56. The van der Waals surface area contributed by atoms with Crippen LogP contribution in [0.3, 0.4) is 0 Å². The minimum Gasteiger partial charge on any atom is -0.368 e. The molecule has 1 saturated heterocycles. The Morgan fingerprint density at radius 3 is 2.31 bits per heavy atom. The highest BCUT2D eigenvalue weighted by molar-refractivity contribution is 5.98. The van der Waals surface area contributed by atoms with Crippen LogP contribution < -0.4 is 9.80 Å². The van der Waals surface area contributed by atoms with Crippen LogP contribution in [-0.2, 0) is 11.2 Å². The average molecular weight is 349 g/mol. The van der Waals surface area contributed by atoms with Crippen molar-refractivity contribution in [1.82, 2.24) is 4.90 Å². The van der Waals surface area contributed by atoms with E-state index >= 15 is 0 Å². The monoisotopic (exact) mass is 349 g/mol. The lowest BCUT2D eigenvalue weighted by molar-refractivity contribution is -0.116. The first-order valence-corrected chi connectivity index (χ1v) is 9.14. The second kappa shape index (κ2) is 6.83. The van der Waals surface area contributed by atoms with Crippen molar-refractivity contribution in [2.75, 3.05) is 42.5 Å². The maximum absolute atomic E-state index is 12.9. The molecule has 0 aliphatic carbocycles. The zero-order valence-electron chi connectivity index (χ0n) is 15.0. The number of carbonyl (C=O) groups excluding carboxylic acids is 2. The topological polar surface area (TPSA) is 43.9 Å².